The number of hydrogen-bond acceptors (Lipinski definition) is 3. The van der Waals surface area contributed by atoms with E-state index in [2.05, 4.69) is 51.7 Å². The van der Waals surface area contributed by atoms with Crippen molar-refractivity contribution in [1.82, 2.24) is 9.80 Å². The van der Waals surface area contributed by atoms with Gasteiger partial charge in [0.1, 0.15) is 19.5 Å². The van der Waals surface area contributed by atoms with E-state index in [0.717, 1.165) is 23.7 Å². The van der Waals surface area contributed by atoms with E-state index in [1.807, 2.05) is 23.1 Å². The van der Waals surface area contributed by atoms with Gasteiger partial charge in [-0.1, -0.05) is 69.2 Å². The molecule has 0 radical (unpaired) electrons. The summed E-state index contributed by atoms with van der Waals surface area (Å²) in [6.07, 6.45) is 0. The summed E-state index contributed by atoms with van der Waals surface area (Å²) in [6.45, 7) is 11.2. The maximum absolute atomic E-state index is 13.3. The summed E-state index contributed by atoms with van der Waals surface area (Å²) in [5, 5.41) is 0.408. The number of hydrogen-bond donors (Lipinski definition) is 0. The maximum atomic E-state index is 13.3. The SMILES string of the molecule is CC[Si](CC)(CC)C(=O)[C@H]1[C@H]2C(=O)N(Cc3ccccc3)C(C)(C)N21. The highest BCUT2D eigenvalue weighted by Crippen LogP contribution is 2.49. The second-order valence-corrected chi connectivity index (χ2v) is 13.1. The molecule has 5 heteroatoms. The Bertz CT molecular complexity index is 661. The molecule has 0 bridgehead atoms. The zero-order valence-electron chi connectivity index (χ0n) is 16.1. The lowest BCUT2D eigenvalue weighted by atomic mass is 10.1. The molecule has 1 aromatic rings. The first kappa shape index (κ1) is 18.3. The molecule has 3 rings (SSSR count). The van der Waals surface area contributed by atoms with Gasteiger partial charge in [0, 0.05) is 6.54 Å². The Morgan fingerprint density at radius 2 is 1.64 bits per heavy atom. The number of rotatable bonds is 7. The van der Waals surface area contributed by atoms with E-state index in [1.54, 1.807) is 0 Å². The lowest BCUT2D eigenvalue weighted by molar-refractivity contribution is -0.135. The van der Waals surface area contributed by atoms with Crippen molar-refractivity contribution in [3.05, 3.63) is 35.9 Å². The predicted molar refractivity (Wildman–Crippen MR) is 103 cm³/mol. The highest BCUT2D eigenvalue weighted by atomic mass is 28.3. The maximum Gasteiger partial charge on any atom is 0.243 e. The minimum absolute atomic E-state index is 0.124. The fraction of sp³-hybridized carbons (Fsp3) is 0.600. The summed E-state index contributed by atoms with van der Waals surface area (Å²) < 4.78 is 0. The van der Waals surface area contributed by atoms with Crippen molar-refractivity contribution in [3.8, 4) is 0 Å². The lowest BCUT2D eigenvalue weighted by Crippen LogP contribution is -2.54. The van der Waals surface area contributed by atoms with E-state index in [9.17, 15) is 9.59 Å². The first-order valence-electron chi connectivity index (χ1n) is 9.52. The summed E-state index contributed by atoms with van der Waals surface area (Å²) in [6, 6.07) is 12.7. The Balaban J connectivity index is 1.80. The molecule has 2 saturated heterocycles. The van der Waals surface area contributed by atoms with Crippen LogP contribution < -0.4 is 0 Å². The third-order valence-corrected chi connectivity index (χ3v) is 12.0. The zero-order chi connectivity index (χ0) is 18.4. The van der Waals surface area contributed by atoms with Gasteiger partial charge >= 0.3 is 0 Å². The van der Waals surface area contributed by atoms with Crippen LogP contribution in [0.3, 0.4) is 0 Å². The molecule has 2 heterocycles. The molecule has 2 aliphatic rings. The van der Waals surface area contributed by atoms with Gasteiger partial charge in [-0.15, -0.1) is 0 Å². The van der Waals surface area contributed by atoms with Gasteiger partial charge in [0.15, 0.2) is 0 Å². The average molecular weight is 359 g/mol. The first-order chi connectivity index (χ1) is 11.8. The number of benzene rings is 1. The Morgan fingerprint density at radius 3 is 2.08 bits per heavy atom. The summed E-state index contributed by atoms with van der Waals surface area (Å²) >= 11 is 0. The third-order valence-electron chi connectivity index (χ3n) is 6.63. The number of nitrogens with zero attached hydrogens (tertiary/aromatic N) is 2. The van der Waals surface area contributed by atoms with E-state index in [0.29, 0.717) is 12.0 Å². The summed E-state index contributed by atoms with van der Waals surface area (Å²) in [4.78, 5) is 30.4. The molecule has 3 atom stereocenters. The van der Waals surface area contributed by atoms with Crippen LogP contribution in [-0.2, 0) is 16.1 Å². The second-order valence-electron chi connectivity index (χ2n) is 7.91. The van der Waals surface area contributed by atoms with Gasteiger partial charge in [-0.3, -0.25) is 9.69 Å². The van der Waals surface area contributed by atoms with Crippen molar-refractivity contribution in [2.24, 2.45) is 0 Å². The highest BCUT2D eigenvalue weighted by Gasteiger charge is 2.71. The van der Waals surface area contributed by atoms with Crippen LogP contribution in [0.25, 0.3) is 0 Å². The monoisotopic (exact) mass is 358 g/mol. The summed E-state index contributed by atoms with van der Waals surface area (Å²) in [5.74, 6) is 0.124. The molecule has 0 aromatic heterocycles. The van der Waals surface area contributed by atoms with E-state index >= 15 is 0 Å². The highest BCUT2D eigenvalue weighted by molar-refractivity contribution is 7.06. The molecule has 0 N–H and O–H groups in total. The van der Waals surface area contributed by atoms with Crippen LogP contribution in [0.5, 0.6) is 0 Å². The minimum Gasteiger partial charge on any atom is -0.319 e. The van der Waals surface area contributed by atoms with Gasteiger partial charge in [0.2, 0.25) is 5.91 Å². The predicted octanol–water partition coefficient (Wildman–Crippen LogP) is 3.43. The number of amides is 1. The Kier molecular flexibility index (Phi) is 4.66. The van der Waals surface area contributed by atoms with Crippen molar-refractivity contribution in [3.63, 3.8) is 0 Å². The topological polar surface area (TPSA) is 40.4 Å². The molecule has 0 saturated carbocycles. The lowest BCUT2D eigenvalue weighted by Gasteiger charge is -2.37. The smallest absolute Gasteiger partial charge is 0.243 e. The van der Waals surface area contributed by atoms with Crippen LogP contribution in [0.1, 0.15) is 40.2 Å². The van der Waals surface area contributed by atoms with Crippen molar-refractivity contribution >= 4 is 19.4 Å². The Labute approximate surface area is 152 Å². The second kappa shape index (κ2) is 6.36. The Hall–Kier alpha value is -1.46. The van der Waals surface area contributed by atoms with E-state index in [-0.39, 0.29) is 18.0 Å². The van der Waals surface area contributed by atoms with Crippen molar-refractivity contribution in [1.29, 1.82) is 0 Å². The first-order valence-corrected chi connectivity index (χ1v) is 12.1. The van der Waals surface area contributed by atoms with Crippen LogP contribution >= 0.6 is 0 Å². The molecule has 0 spiro atoms. The van der Waals surface area contributed by atoms with Crippen molar-refractivity contribution in [2.45, 2.75) is 77.0 Å². The molecule has 2 fully saturated rings. The normalized spacial score (nSPS) is 27.3. The van der Waals surface area contributed by atoms with Gasteiger partial charge < -0.3 is 9.69 Å². The van der Waals surface area contributed by atoms with Crippen LogP contribution in [0, 0.1) is 0 Å². The molecule has 0 aliphatic carbocycles. The quantitative estimate of drug-likeness (QED) is 0.554. The van der Waals surface area contributed by atoms with Gasteiger partial charge in [-0.2, -0.15) is 0 Å². The van der Waals surface area contributed by atoms with Gasteiger partial charge in [-0.05, 0) is 19.4 Å². The molecule has 136 valence electrons. The van der Waals surface area contributed by atoms with E-state index < -0.39 is 13.7 Å². The van der Waals surface area contributed by atoms with E-state index in [4.69, 9.17) is 0 Å². The molecular weight excluding hydrogens is 328 g/mol. The number of carbonyl (C=O) groups excluding carboxylic acids is 2. The molecule has 25 heavy (non-hydrogen) atoms. The largest absolute Gasteiger partial charge is 0.319 e. The molecule has 1 aromatic carbocycles. The average Bonchev–Trinajstić information content (AvgIpc) is 3.34. The van der Waals surface area contributed by atoms with Gasteiger partial charge in [-0.25, -0.2) is 0 Å². The minimum atomic E-state index is -1.93. The van der Waals surface area contributed by atoms with Crippen LogP contribution in [0.4, 0.5) is 0 Å². The van der Waals surface area contributed by atoms with Crippen molar-refractivity contribution < 1.29 is 9.59 Å². The van der Waals surface area contributed by atoms with E-state index in [1.165, 1.54) is 0 Å². The molecule has 1 amide bonds. The molecular formula is C20H30N2O2Si. The van der Waals surface area contributed by atoms with Crippen LogP contribution in [-0.4, -0.2) is 46.9 Å². The van der Waals surface area contributed by atoms with Gasteiger partial charge in [0.25, 0.3) is 0 Å². The molecule has 4 nitrogen and oxygen atoms in total. The van der Waals surface area contributed by atoms with Crippen LogP contribution in [0.15, 0.2) is 30.3 Å². The zero-order valence-corrected chi connectivity index (χ0v) is 17.1. The number of fused-ring (bicyclic) bond motifs is 1. The Morgan fingerprint density at radius 1 is 1.08 bits per heavy atom. The molecule has 2 aliphatic heterocycles. The molecule has 1 unspecified atom stereocenters. The van der Waals surface area contributed by atoms with Gasteiger partial charge in [0.05, 0.1) is 11.7 Å². The number of carbonyl (C=O) groups is 2. The standard InChI is InChI=1S/C20H30N2O2Si/c1-6-25(7-2,8-3)19(24)17-16-18(23)21(20(4,5)22(16)17)14-15-12-10-9-11-13-15/h9-13,16-17H,6-8,14H2,1-5H3/t16-,17+,22?/m0/s1. The fourth-order valence-corrected chi connectivity index (χ4v) is 8.10. The fourth-order valence-electron chi connectivity index (χ4n) is 4.63. The summed E-state index contributed by atoms with van der Waals surface area (Å²) in [7, 11) is -1.93. The third kappa shape index (κ3) is 2.68. The van der Waals surface area contributed by atoms with Crippen molar-refractivity contribution in [2.75, 3.05) is 0 Å². The van der Waals surface area contributed by atoms with Crippen LogP contribution in [0.2, 0.25) is 18.1 Å². The summed E-state index contributed by atoms with van der Waals surface area (Å²) in [5.41, 5.74) is 0.738.